The van der Waals surface area contributed by atoms with Crippen LogP contribution >= 0.6 is 0 Å². The van der Waals surface area contributed by atoms with Gasteiger partial charge in [0.2, 0.25) is 0 Å². The summed E-state index contributed by atoms with van der Waals surface area (Å²) in [6.07, 6.45) is 0. The molecule has 2 aromatic rings. The van der Waals surface area contributed by atoms with Crippen molar-refractivity contribution in [2.24, 2.45) is 0 Å². The fourth-order valence-corrected chi connectivity index (χ4v) is 4.14. The number of alkyl halides is 3. The van der Waals surface area contributed by atoms with Crippen molar-refractivity contribution in [3.63, 3.8) is 0 Å². The molecule has 0 spiro atoms. The van der Waals surface area contributed by atoms with Gasteiger partial charge in [0.1, 0.15) is 0 Å². The van der Waals surface area contributed by atoms with E-state index >= 15 is 0 Å². The van der Waals surface area contributed by atoms with E-state index in [1.165, 1.54) is 14.7 Å². The van der Waals surface area contributed by atoms with Crippen LogP contribution in [0.3, 0.4) is 0 Å². The third kappa shape index (κ3) is 6.48. The Kier molecular flexibility index (Phi) is 7.02. The molecule has 0 amide bonds. The van der Waals surface area contributed by atoms with Crippen LogP contribution in [0.1, 0.15) is 11.1 Å². The van der Waals surface area contributed by atoms with Crippen LogP contribution in [-0.4, -0.2) is 18.5 Å². The highest BCUT2D eigenvalue weighted by Gasteiger charge is 2.36. The molecule has 0 N–H and O–H groups in total. The third-order valence-corrected chi connectivity index (χ3v) is 6.75. The number of benzene rings is 2. The van der Waals surface area contributed by atoms with Gasteiger partial charge in [0.15, 0.2) is 17.3 Å². The molecule has 0 bridgehead atoms. The van der Waals surface area contributed by atoms with E-state index in [1.54, 1.807) is 3.57 Å². The van der Waals surface area contributed by atoms with E-state index in [0.717, 1.165) is 0 Å². The van der Waals surface area contributed by atoms with Crippen molar-refractivity contribution in [2.45, 2.75) is 19.4 Å². The monoisotopic (exact) mass is 458 g/mol. The Bertz CT molecular complexity index is 724. The van der Waals surface area contributed by atoms with Crippen molar-refractivity contribution in [3.05, 3.63) is 66.8 Å². The zero-order valence-electron chi connectivity index (χ0n) is 12.3. The average Bonchev–Trinajstić information content (AvgIpc) is 2.43. The minimum atomic E-state index is -6.09. The predicted octanol–water partition coefficient (Wildman–Crippen LogP) is 0.483. The van der Waals surface area contributed by atoms with Gasteiger partial charge in [0.05, 0.1) is 0 Å². The minimum absolute atomic E-state index is 0.0147. The van der Waals surface area contributed by atoms with Crippen molar-refractivity contribution in [3.8, 4) is 0 Å². The Morgan fingerprint density at radius 2 is 1.35 bits per heavy atom. The SMILES string of the molecule is Cc1cccc(C)c1[I+]c1ccccc1.O=S(=O)([O-])C(F)(F)F. The van der Waals surface area contributed by atoms with Gasteiger partial charge in [-0.3, -0.25) is 0 Å². The zero-order valence-corrected chi connectivity index (χ0v) is 15.2. The Hall–Kier alpha value is -1.13. The highest BCUT2D eigenvalue weighted by molar-refractivity contribution is 7.86. The van der Waals surface area contributed by atoms with Crippen molar-refractivity contribution in [1.29, 1.82) is 0 Å². The number of hydrogen-bond donors (Lipinski definition) is 0. The summed E-state index contributed by atoms with van der Waals surface area (Å²) in [7, 11) is -6.09. The molecule has 0 aromatic heterocycles. The molecule has 0 saturated heterocycles. The minimum Gasteiger partial charge on any atom is -0.741 e. The molecule has 0 atom stereocenters. The standard InChI is InChI=1S/C14H14I.CHF3O3S/c1-11-7-6-8-12(2)14(11)15-13-9-4-3-5-10-13;2-1(3,4)8(5,6)7/h3-10H,1-2H3;(H,5,6,7)/q+1;/p-1. The second kappa shape index (κ2) is 8.11. The van der Waals surface area contributed by atoms with Crippen LogP contribution in [0.4, 0.5) is 13.2 Å². The van der Waals surface area contributed by atoms with Crippen LogP contribution in [0.15, 0.2) is 48.5 Å². The summed E-state index contributed by atoms with van der Waals surface area (Å²) in [6.45, 7) is 4.43. The van der Waals surface area contributed by atoms with Gasteiger partial charge in [-0.1, -0.05) is 36.4 Å². The smallest absolute Gasteiger partial charge is 0.485 e. The van der Waals surface area contributed by atoms with E-state index in [4.69, 9.17) is 13.0 Å². The summed E-state index contributed by atoms with van der Waals surface area (Å²) in [6, 6.07) is 17.4. The topological polar surface area (TPSA) is 57.2 Å². The molecule has 8 heteroatoms. The van der Waals surface area contributed by atoms with E-state index in [9.17, 15) is 13.2 Å². The summed E-state index contributed by atoms with van der Waals surface area (Å²) in [5.41, 5.74) is -2.77. The highest BCUT2D eigenvalue weighted by atomic mass is 127. The van der Waals surface area contributed by atoms with Gasteiger partial charge in [0, 0.05) is 11.1 Å². The van der Waals surface area contributed by atoms with Gasteiger partial charge in [-0.05, 0) is 26.0 Å². The van der Waals surface area contributed by atoms with E-state index in [-0.39, 0.29) is 21.2 Å². The number of aryl methyl sites for hydroxylation is 2. The first kappa shape index (κ1) is 19.9. The molecule has 0 saturated carbocycles. The van der Waals surface area contributed by atoms with Gasteiger partial charge < -0.3 is 4.55 Å². The first-order valence-corrected chi connectivity index (χ1v) is 9.87. The second-order valence-corrected chi connectivity index (χ2v) is 8.73. The molecule has 0 unspecified atom stereocenters. The Labute approximate surface area is 143 Å². The van der Waals surface area contributed by atoms with Crippen LogP contribution in [0.25, 0.3) is 0 Å². The zero-order chi connectivity index (χ0) is 17.7. The van der Waals surface area contributed by atoms with Crippen LogP contribution in [0, 0.1) is 21.0 Å². The van der Waals surface area contributed by atoms with E-state index in [1.807, 2.05) is 0 Å². The lowest BCUT2D eigenvalue weighted by Gasteiger charge is -2.08. The van der Waals surface area contributed by atoms with Crippen molar-refractivity contribution in [1.82, 2.24) is 0 Å². The van der Waals surface area contributed by atoms with Gasteiger partial charge in [0.25, 0.3) is 0 Å². The van der Waals surface area contributed by atoms with Gasteiger partial charge >= 0.3 is 26.7 Å². The summed E-state index contributed by atoms with van der Waals surface area (Å²) >= 11 is -0.0147. The van der Waals surface area contributed by atoms with Crippen molar-refractivity contribution < 1.29 is 47.3 Å². The number of halogens is 4. The molecule has 0 aliphatic rings. The second-order valence-electron chi connectivity index (χ2n) is 4.50. The third-order valence-electron chi connectivity index (χ3n) is 2.61. The predicted molar refractivity (Wildman–Crippen MR) is 75.5 cm³/mol. The maximum absolute atomic E-state index is 10.7. The van der Waals surface area contributed by atoms with Crippen LogP contribution in [-0.2, 0) is 10.1 Å². The van der Waals surface area contributed by atoms with E-state index in [0.29, 0.717) is 0 Å². The molecule has 0 fully saturated rings. The lowest BCUT2D eigenvalue weighted by Crippen LogP contribution is -3.62. The largest absolute Gasteiger partial charge is 0.741 e. The molecule has 126 valence electrons. The molecule has 2 aromatic carbocycles. The molecule has 2 rings (SSSR count). The molecular weight excluding hydrogens is 444 g/mol. The fourth-order valence-electron chi connectivity index (χ4n) is 1.53. The van der Waals surface area contributed by atoms with Gasteiger partial charge in [-0.2, -0.15) is 13.2 Å². The average molecular weight is 458 g/mol. The number of hydrogen-bond acceptors (Lipinski definition) is 3. The maximum Gasteiger partial charge on any atom is 0.485 e. The van der Waals surface area contributed by atoms with Crippen molar-refractivity contribution >= 4 is 10.1 Å². The van der Waals surface area contributed by atoms with E-state index < -0.39 is 15.6 Å². The molecular formula is C15H14F3IO3S. The van der Waals surface area contributed by atoms with Crippen LogP contribution in [0.2, 0.25) is 0 Å². The van der Waals surface area contributed by atoms with Crippen LogP contribution in [0.5, 0.6) is 0 Å². The van der Waals surface area contributed by atoms with Gasteiger partial charge in [-0.25, -0.2) is 8.42 Å². The molecule has 0 aliphatic carbocycles. The van der Waals surface area contributed by atoms with E-state index in [2.05, 4.69) is 62.4 Å². The summed E-state index contributed by atoms with van der Waals surface area (Å²) in [4.78, 5) is 0. The Morgan fingerprint density at radius 3 is 1.74 bits per heavy atom. The van der Waals surface area contributed by atoms with Crippen LogP contribution < -0.4 is 21.2 Å². The lowest BCUT2D eigenvalue weighted by molar-refractivity contribution is -0.598. The Morgan fingerprint density at radius 1 is 0.913 bits per heavy atom. The first-order chi connectivity index (χ1) is 10.5. The summed E-state index contributed by atoms with van der Waals surface area (Å²) < 4.78 is 62.0. The molecule has 0 radical (unpaired) electrons. The maximum atomic E-state index is 10.7. The lowest BCUT2D eigenvalue weighted by atomic mass is 10.2. The molecule has 0 heterocycles. The first-order valence-electron chi connectivity index (χ1n) is 6.30. The summed E-state index contributed by atoms with van der Waals surface area (Å²) in [5.74, 6) is 0. The molecule has 0 aliphatic heterocycles. The molecule has 3 nitrogen and oxygen atoms in total. The highest BCUT2D eigenvalue weighted by Crippen LogP contribution is 2.20. The molecule has 23 heavy (non-hydrogen) atoms. The fraction of sp³-hybridized carbons (Fsp3) is 0.200. The number of rotatable bonds is 2. The van der Waals surface area contributed by atoms with Crippen molar-refractivity contribution in [2.75, 3.05) is 0 Å². The Balaban J connectivity index is 0.000000284. The quantitative estimate of drug-likeness (QED) is 0.374. The van der Waals surface area contributed by atoms with Gasteiger partial charge in [-0.15, -0.1) is 0 Å². The normalized spacial score (nSPS) is 11.6. The summed E-state index contributed by atoms with van der Waals surface area (Å²) in [5, 5.41) is 0.